The minimum absolute atomic E-state index is 0. The van der Waals surface area contributed by atoms with Crippen molar-refractivity contribution >= 4 is 54.1 Å². The maximum absolute atomic E-state index is 11.2. The van der Waals surface area contributed by atoms with Gasteiger partial charge in [0.15, 0.2) is 0 Å². The second-order valence-corrected chi connectivity index (χ2v) is 6.88. The van der Waals surface area contributed by atoms with Gasteiger partial charge in [-0.2, -0.15) is 15.3 Å². The Morgan fingerprint density at radius 1 is 0.605 bits per heavy atom. The molecule has 0 heterocycles. The summed E-state index contributed by atoms with van der Waals surface area (Å²) in [5.41, 5.74) is 4.99. The van der Waals surface area contributed by atoms with Gasteiger partial charge in [0.25, 0.3) is 23.0 Å². The van der Waals surface area contributed by atoms with E-state index < -0.39 is 14.8 Å². The van der Waals surface area contributed by atoms with Gasteiger partial charge in [0.1, 0.15) is 0 Å². The number of guanidine groups is 1. The number of rotatable bonds is 9. The second kappa shape index (κ2) is 14.1. The number of benzene rings is 3. The Bertz CT molecular complexity index is 1370. The van der Waals surface area contributed by atoms with E-state index in [-0.39, 0.29) is 52.1 Å². The fraction of sp³-hybridized carbons (Fsp3) is 0. The Kier molecular flexibility index (Phi) is 10.6. The molecule has 0 spiro atoms. The van der Waals surface area contributed by atoms with E-state index in [0.717, 1.165) is 6.21 Å². The molecular formula is C22H18ClN9O6. The van der Waals surface area contributed by atoms with Crippen molar-refractivity contribution < 1.29 is 14.8 Å². The van der Waals surface area contributed by atoms with Crippen LogP contribution in [0, 0.1) is 30.3 Å². The zero-order valence-corrected chi connectivity index (χ0v) is 20.0. The van der Waals surface area contributed by atoms with Crippen molar-refractivity contribution in [3.8, 4) is 0 Å². The van der Waals surface area contributed by atoms with E-state index in [4.69, 9.17) is 0 Å². The lowest BCUT2D eigenvalue weighted by Gasteiger charge is -2.03. The average Bonchev–Trinajstić information content (AvgIpc) is 2.89. The number of hydrazone groups is 2. The van der Waals surface area contributed by atoms with Crippen molar-refractivity contribution in [2.24, 2.45) is 20.4 Å². The molecule has 2 N–H and O–H groups in total. The predicted molar refractivity (Wildman–Crippen MR) is 143 cm³/mol. The zero-order valence-electron chi connectivity index (χ0n) is 19.1. The lowest BCUT2D eigenvalue weighted by Crippen LogP contribution is -2.30. The highest BCUT2D eigenvalue weighted by Gasteiger charge is 2.12. The number of nitro benzene ring substituents is 3. The van der Waals surface area contributed by atoms with Gasteiger partial charge < -0.3 is 0 Å². The molecule has 3 rings (SSSR count). The minimum Gasteiger partial charge on any atom is -0.258 e. The molecule has 3 aromatic rings. The SMILES string of the molecule is Cl.O=[N+]([O-])c1ccccc1C=NN=C(NN=Cc1ccccc1[N+](=O)[O-])NN=Cc1ccccc1[N+](=O)[O-]. The third-order valence-corrected chi connectivity index (χ3v) is 4.50. The molecule has 38 heavy (non-hydrogen) atoms. The first kappa shape index (κ1) is 28.7. The van der Waals surface area contributed by atoms with Crippen LogP contribution in [-0.2, 0) is 0 Å². The highest BCUT2D eigenvalue weighted by Crippen LogP contribution is 2.17. The Morgan fingerprint density at radius 3 is 1.32 bits per heavy atom. The van der Waals surface area contributed by atoms with Crippen LogP contribution in [0.4, 0.5) is 17.1 Å². The summed E-state index contributed by atoms with van der Waals surface area (Å²) in [6.45, 7) is 0. The van der Waals surface area contributed by atoms with Gasteiger partial charge >= 0.3 is 0 Å². The van der Waals surface area contributed by atoms with Gasteiger partial charge in [-0.1, -0.05) is 36.4 Å². The van der Waals surface area contributed by atoms with Crippen LogP contribution in [0.5, 0.6) is 0 Å². The van der Waals surface area contributed by atoms with Crippen LogP contribution < -0.4 is 10.9 Å². The molecule has 0 amide bonds. The van der Waals surface area contributed by atoms with Gasteiger partial charge in [0.2, 0.25) is 0 Å². The van der Waals surface area contributed by atoms with Gasteiger partial charge in [-0.25, -0.2) is 10.9 Å². The molecule has 0 aromatic heterocycles. The van der Waals surface area contributed by atoms with Gasteiger partial charge in [0, 0.05) is 18.2 Å². The molecule has 194 valence electrons. The number of nitro groups is 3. The number of halogens is 1. The standard InChI is InChI=1S/C22H17N9O6.ClH/c32-29(33)19-10-4-1-7-16(19)13-23-26-22(27-24-14-17-8-2-5-11-20(17)30(34)35)28-25-15-18-9-3-6-12-21(18)31(36)37;/h1-15H,(H2,26,27,28);1H. The smallest absolute Gasteiger partial charge is 0.258 e. The number of nitrogens with zero attached hydrogens (tertiary/aromatic N) is 7. The van der Waals surface area contributed by atoms with E-state index in [0.29, 0.717) is 0 Å². The van der Waals surface area contributed by atoms with Crippen LogP contribution in [0.25, 0.3) is 0 Å². The van der Waals surface area contributed by atoms with Crippen molar-refractivity contribution in [1.82, 2.24) is 10.9 Å². The fourth-order valence-corrected chi connectivity index (χ4v) is 2.83. The lowest BCUT2D eigenvalue weighted by atomic mass is 10.2. The van der Waals surface area contributed by atoms with Crippen molar-refractivity contribution in [2.45, 2.75) is 0 Å². The van der Waals surface area contributed by atoms with Crippen LogP contribution in [0.2, 0.25) is 0 Å². The molecule has 0 aliphatic rings. The Balaban J connectivity index is 0.00000507. The van der Waals surface area contributed by atoms with Crippen LogP contribution >= 0.6 is 12.4 Å². The lowest BCUT2D eigenvalue weighted by molar-refractivity contribution is -0.385. The summed E-state index contributed by atoms with van der Waals surface area (Å²) in [6.07, 6.45) is 3.48. The van der Waals surface area contributed by atoms with Crippen molar-refractivity contribution in [1.29, 1.82) is 0 Å². The van der Waals surface area contributed by atoms with E-state index in [9.17, 15) is 30.3 Å². The van der Waals surface area contributed by atoms with Crippen LogP contribution in [0.3, 0.4) is 0 Å². The molecule has 0 radical (unpaired) electrons. The van der Waals surface area contributed by atoms with Gasteiger partial charge in [-0.3, -0.25) is 30.3 Å². The van der Waals surface area contributed by atoms with Crippen LogP contribution in [0.15, 0.2) is 93.2 Å². The van der Waals surface area contributed by atoms with Crippen LogP contribution in [0.1, 0.15) is 16.7 Å². The Labute approximate surface area is 220 Å². The van der Waals surface area contributed by atoms with Crippen molar-refractivity contribution in [2.75, 3.05) is 0 Å². The largest absolute Gasteiger partial charge is 0.278 e. The summed E-state index contributed by atoms with van der Waals surface area (Å²) in [4.78, 5) is 31.8. The van der Waals surface area contributed by atoms with E-state index in [1.807, 2.05) is 0 Å². The molecule has 15 nitrogen and oxygen atoms in total. The van der Waals surface area contributed by atoms with Gasteiger partial charge in [0.05, 0.1) is 50.1 Å². The van der Waals surface area contributed by atoms with Crippen molar-refractivity contribution in [3.05, 3.63) is 120 Å². The molecule has 0 saturated carbocycles. The van der Waals surface area contributed by atoms with Crippen molar-refractivity contribution in [3.63, 3.8) is 0 Å². The molecule has 0 bridgehead atoms. The molecular weight excluding hydrogens is 522 g/mol. The van der Waals surface area contributed by atoms with Crippen LogP contribution in [-0.4, -0.2) is 39.4 Å². The number of nitrogens with one attached hydrogen (secondary N) is 2. The highest BCUT2D eigenvalue weighted by atomic mass is 35.5. The maximum Gasteiger partial charge on any atom is 0.278 e. The van der Waals surface area contributed by atoms with Gasteiger partial charge in [-0.15, -0.1) is 17.5 Å². The maximum atomic E-state index is 11.2. The first-order chi connectivity index (χ1) is 17.9. The summed E-state index contributed by atoms with van der Waals surface area (Å²) in [5.74, 6) is -0.195. The zero-order chi connectivity index (χ0) is 26.6. The monoisotopic (exact) mass is 539 g/mol. The molecule has 16 heteroatoms. The molecule has 3 aromatic carbocycles. The average molecular weight is 540 g/mol. The second-order valence-electron chi connectivity index (χ2n) is 6.88. The normalized spacial score (nSPS) is 10.7. The molecule has 0 saturated heterocycles. The third kappa shape index (κ3) is 7.99. The number of para-hydroxylation sites is 3. The molecule has 0 aliphatic carbocycles. The molecule has 0 aliphatic heterocycles. The van der Waals surface area contributed by atoms with E-state index in [1.165, 1.54) is 67.0 Å². The Hall–Kier alpha value is -5.57. The summed E-state index contributed by atoms with van der Waals surface area (Å²) in [5, 5.41) is 48.9. The summed E-state index contributed by atoms with van der Waals surface area (Å²) in [6, 6.07) is 17.6. The molecule has 0 atom stereocenters. The first-order valence-corrected chi connectivity index (χ1v) is 10.3. The van der Waals surface area contributed by atoms with Gasteiger partial charge in [-0.05, 0) is 18.2 Å². The number of hydrogen-bond acceptors (Lipinski definition) is 10. The van der Waals surface area contributed by atoms with E-state index >= 15 is 0 Å². The molecule has 0 fully saturated rings. The Morgan fingerprint density at radius 2 is 0.947 bits per heavy atom. The first-order valence-electron chi connectivity index (χ1n) is 10.3. The topological polar surface area (TPSA) is 203 Å². The minimum atomic E-state index is -0.573. The third-order valence-electron chi connectivity index (χ3n) is 4.50. The predicted octanol–water partition coefficient (Wildman–Crippen LogP) is 3.77. The quantitative estimate of drug-likeness (QED) is 0.177. The summed E-state index contributed by atoms with van der Waals surface area (Å²) < 4.78 is 0. The van der Waals surface area contributed by atoms with E-state index in [1.54, 1.807) is 18.2 Å². The molecule has 0 unspecified atom stereocenters. The summed E-state index contributed by atoms with van der Waals surface area (Å²) in [7, 11) is 0. The number of hydrogen-bond donors (Lipinski definition) is 2. The highest BCUT2D eigenvalue weighted by molar-refractivity contribution is 5.90. The van der Waals surface area contributed by atoms with E-state index in [2.05, 4.69) is 31.3 Å². The summed E-state index contributed by atoms with van der Waals surface area (Å²) >= 11 is 0. The fourth-order valence-electron chi connectivity index (χ4n) is 2.83.